The minimum atomic E-state index is -0.0740. The smallest absolute Gasteiger partial charge is 0.225 e. The Morgan fingerprint density at radius 2 is 2.06 bits per heavy atom. The molecule has 2 atom stereocenters. The Morgan fingerprint density at radius 3 is 2.65 bits per heavy atom. The lowest BCUT2D eigenvalue weighted by molar-refractivity contribution is -0.130. The fourth-order valence-electron chi connectivity index (χ4n) is 3.06. The van der Waals surface area contributed by atoms with Gasteiger partial charge in [-0.05, 0) is 45.1 Å². The number of piperidine rings is 1. The van der Waals surface area contributed by atoms with Gasteiger partial charge >= 0.3 is 0 Å². The van der Waals surface area contributed by atoms with Gasteiger partial charge in [-0.2, -0.15) is 0 Å². The Kier molecular flexibility index (Phi) is 4.08. The molecule has 0 aromatic heterocycles. The average molecular weight is 238 g/mol. The van der Waals surface area contributed by atoms with E-state index in [-0.39, 0.29) is 11.3 Å². The van der Waals surface area contributed by atoms with Crippen LogP contribution in [0.3, 0.4) is 0 Å². The molecular formula is C14H26N2O. The van der Waals surface area contributed by atoms with Gasteiger partial charge < -0.3 is 10.6 Å². The average Bonchev–Trinajstić information content (AvgIpc) is 2.76. The van der Waals surface area contributed by atoms with E-state index in [1.807, 2.05) is 0 Å². The quantitative estimate of drug-likeness (QED) is 0.790. The Morgan fingerprint density at radius 1 is 1.35 bits per heavy atom. The number of carbonyl (C=O) groups excluding carboxylic acids is 1. The van der Waals surface area contributed by atoms with Crippen LogP contribution in [0.4, 0.5) is 0 Å². The zero-order valence-corrected chi connectivity index (χ0v) is 11.2. The molecule has 0 aromatic rings. The topological polar surface area (TPSA) is 41.1 Å². The number of nitrogens with one attached hydrogen (secondary N) is 2. The predicted octanol–water partition coefficient (Wildman–Crippen LogP) is 2.07. The molecule has 0 spiro atoms. The van der Waals surface area contributed by atoms with E-state index in [2.05, 4.69) is 24.5 Å². The van der Waals surface area contributed by atoms with Crippen LogP contribution in [-0.4, -0.2) is 25.0 Å². The number of hydrogen-bond donors (Lipinski definition) is 2. The number of carbonyl (C=O) groups is 1. The van der Waals surface area contributed by atoms with Gasteiger partial charge in [-0.15, -0.1) is 0 Å². The summed E-state index contributed by atoms with van der Waals surface area (Å²) in [5, 5.41) is 6.65. The molecule has 0 radical (unpaired) electrons. The molecule has 3 heteroatoms. The van der Waals surface area contributed by atoms with Crippen LogP contribution in [0.5, 0.6) is 0 Å². The minimum absolute atomic E-state index is 0.0740. The van der Waals surface area contributed by atoms with Crippen LogP contribution < -0.4 is 10.6 Å². The molecule has 2 N–H and O–H groups in total. The van der Waals surface area contributed by atoms with Crippen molar-refractivity contribution in [3.8, 4) is 0 Å². The molecule has 2 unspecified atom stereocenters. The first-order valence-corrected chi connectivity index (χ1v) is 7.12. The van der Waals surface area contributed by atoms with Crippen LogP contribution in [0.1, 0.15) is 52.4 Å². The highest BCUT2D eigenvalue weighted by molar-refractivity contribution is 5.82. The van der Waals surface area contributed by atoms with Crippen LogP contribution in [0.25, 0.3) is 0 Å². The third kappa shape index (κ3) is 3.21. The van der Waals surface area contributed by atoms with Crippen molar-refractivity contribution in [1.29, 1.82) is 0 Å². The molecule has 2 fully saturated rings. The summed E-state index contributed by atoms with van der Waals surface area (Å²) in [6, 6.07) is 0.648. The van der Waals surface area contributed by atoms with E-state index in [1.165, 1.54) is 25.7 Å². The standard InChI is InChI=1S/C14H26N2O/c1-11-5-6-12(9-15-11)10-16-13(17)14(2)7-3-4-8-14/h11-12,15H,3-10H2,1-2H3,(H,16,17). The Labute approximate surface area is 105 Å². The van der Waals surface area contributed by atoms with Crippen molar-refractivity contribution in [2.75, 3.05) is 13.1 Å². The highest BCUT2D eigenvalue weighted by atomic mass is 16.2. The Balaban J connectivity index is 1.72. The van der Waals surface area contributed by atoms with E-state index >= 15 is 0 Å². The van der Waals surface area contributed by atoms with Crippen molar-refractivity contribution in [1.82, 2.24) is 10.6 Å². The Bertz CT molecular complexity index is 263. The number of amides is 1. The van der Waals surface area contributed by atoms with Crippen molar-refractivity contribution in [3.63, 3.8) is 0 Å². The highest BCUT2D eigenvalue weighted by Gasteiger charge is 2.36. The molecule has 1 heterocycles. The van der Waals surface area contributed by atoms with E-state index in [0.29, 0.717) is 12.0 Å². The maximum atomic E-state index is 12.1. The second kappa shape index (κ2) is 5.38. The van der Waals surface area contributed by atoms with Gasteiger partial charge in [-0.25, -0.2) is 0 Å². The minimum Gasteiger partial charge on any atom is -0.355 e. The first-order valence-electron chi connectivity index (χ1n) is 7.12. The predicted molar refractivity (Wildman–Crippen MR) is 69.8 cm³/mol. The second-order valence-corrected chi connectivity index (χ2v) is 6.23. The summed E-state index contributed by atoms with van der Waals surface area (Å²) in [4.78, 5) is 12.1. The molecule has 1 saturated heterocycles. The summed E-state index contributed by atoms with van der Waals surface area (Å²) in [7, 11) is 0. The van der Waals surface area contributed by atoms with Crippen LogP contribution in [0.15, 0.2) is 0 Å². The Hall–Kier alpha value is -0.570. The molecule has 98 valence electrons. The largest absolute Gasteiger partial charge is 0.355 e. The van der Waals surface area contributed by atoms with Gasteiger partial charge in [0.25, 0.3) is 0 Å². The van der Waals surface area contributed by atoms with E-state index in [9.17, 15) is 4.79 Å². The maximum Gasteiger partial charge on any atom is 0.225 e. The van der Waals surface area contributed by atoms with Gasteiger partial charge in [-0.1, -0.05) is 19.8 Å². The van der Waals surface area contributed by atoms with Crippen molar-refractivity contribution >= 4 is 5.91 Å². The van der Waals surface area contributed by atoms with Crippen molar-refractivity contribution < 1.29 is 4.79 Å². The molecule has 0 aromatic carbocycles. The molecule has 1 aliphatic heterocycles. The summed E-state index contributed by atoms with van der Waals surface area (Å²) < 4.78 is 0. The van der Waals surface area contributed by atoms with Gasteiger partial charge in [0.1, 0.15) is 0 Å². The first kappa shape index (κ1) is 12.9. The summed E-state index contributed by atoms with van der Waals surface area (Å²) in [6.07, 6.45) is 7.04. The SMILES string of the molecule is CC1CCC(CNC(=O)C2(C)CCCC2)CN1. The first-order chi connectivity index (χ1) is 8.10. The second-order valence-electron chi connectivity index (χ2n) is 6.23. The van der Waals surface area contributed by atoms with Gasteiger partial charge in [0.05, 0.1) is 0 Å². The fraction of sp³-hybridized carbons (Fsp3) is 0.929. The molecule has 1 amide bonds. The lowest BCUT2D eigenvalue weighted by atomic mass is 9.87. The monoisotopic (exact) mass is 238 g/mol. The van der Waals surface area contributed by atoms with Gasteiger partial charge in [-0.3, -0.25) is 4.79 Å². The summed E-state index contributed by atoms with van der Waals surface area (Å²) in [5.74, 6) is 0.911. The molecule has 1 saturated carbocycles. The van der Waals surface area contributed by atoms with Crippen LogP contribution in [0.2, 0.25) is 0 Å². The van der Waals surface area contributed by atoms with E-state index < -0.39 is 0 Å². The van der Waals surface area contributed by atoms with E-state index in [1.54, 1.807) is 0 Å². The molecule has 2 rings (SSSR count). The molecule has 0 bridgehead atoms. The van der Waals surface area contributed by atoms with Gasteiger partial charge in [0, 0.05) is 18.0 Å². The number of rotatable bonds is 3. The molecule has 2 aliphatic rings. The van der Waals surface area contributed by atoms with Crippen LogP contribution >= 0.6 is 0 Å². The van der Waals surface area contributed by atoms with Gasteiger partial charge in [0.2, 0.25) is 5.91 Å². The van der Waals surface area contributed by atoms with Gasteiger partial charge in [0.15, 0.2) is 0 Å². The van der Waals surface area contributed by atoms with Crippen molar-refractivity contribution in [2.45, 2.75) is 58.4 Å². The molecule has 17 heavy (non-hydrogen) atoms. The lowest BCUT2D eigenvalue weighted by Gasteiger charge is -2.29. The summed E-state index contributed by atoms with van der Waals surface area (Å²) in [6.45, 7) is 6.26. The van der Waals surface area contributed by atoms with E-state index in [4.69, 9.17) is 0 Å². The molecule has 3 nitrogen and oxygen atoms in total. The third-order valence-corrected chi connectivity index (χ3v) is 4.57. The van der Waals surface area contributed by atoms with Crippen LogP contribution in [0, 0.1) is 11.3 Å². The highest BCUT2D eigenvalue weighted by Crippen LogP contribution is 2.37. The van der Waals surface area contributed by atoms with E-state index in [0.717, 1.165) is 25.9 Å². The fourth-order valence-corrected chi connectivity index (χ4v) is 3.06. The number of hydrogen-bond acceptors (Lipinski definition) is 2. The molecular weight excluding hydrogens is 212 g/mol. The molecule has 1 aliphatic carbocycles. The zero-order chi connectivity index (χ0) is 12.3. The normalized spacial score (nSPS) is 32.4. The summed E-state index contributed by atoms with van der Waals surface area (Å²) in [5.41, 5.74) is -0.0740. The van der Waals surface area contributed by atoms with Crippen molar-refractivity contribution in [3.05, 3.63) is 0 Å². The zero-order valence-electron chi connectivity index (χ0n) is 11.2. The summed E-state index contributed by atoms with van der Waals surface area (Å²) >= 11 is 0. The third-order valence-electron chi connectivity index (χ3n) is 4.57. The maximum absolute atomic E-state index is 12.1. The van der Waals surface area contributed by atoms with Crippen LogP contribution in [-0.2, 0) is 4.79 Å². The lowest BCUT2D eigenvalue weighted by Crippen LogP contribution is -2.44. The van der Waals surface area contributed by atoms with Crippen molar-refractivity contribution in [2.24, 2.45) is 11.3 Å².